The van der Waals surface area contributed by atoms with Crippen molar-refractivity contribution in [2.45, 2.75) is 18.6 Å². The Kier molecular flexibility index (Phi) is 8.33. The lowest BCUT2D eigenvalue weighted by molar-refractivity contribution is 0.0374. The number of ether oxygens (including phenoxy) is 2. The van der Waals surface area contributed by atoms with E-state index in [0.29, 0.717) is 17.8 Å². The van der Waals surface area contributed by atoms with E-state index < -0.39 is 18.2 Å². The molecule has 198 valence electrons. The predicted molar refractivity (Wildman–Crippen MR) is 145 cm³/mol. The second-order valence-corrected chi connectivity index (χ2v) is 9.52. The number of nitrogens with one attached hydrogen (secondary N) is 1. The summed E-state index contributed by atoms with van der Waals surface area (Å²) >= 11 is 0. The number of carbonyl (C=O) groups is 2. The first-order valence-electron chi connectivity index (χ1n) is 13.1. The molecule has 8 nitrogen and oxygen atoms in total. The van der Waals surface area contributed by atoms with Gasteiger partial charge in [0.2, 0.25) is 0 Å². The van der Waals surface area contributed by atoms with E-state index in [1.165, 1.54) is 0 Å². The molecular weight excluding hydrogens is 482 g/mol. The number of anilines is 1. The molecule has 0 aromatic heterocycles. The monoisotopic (exact) mass is 515 g/mol. The van der Waals surface area contributed by atoms with Crippen LogP contribution in [0.25, 0.3) is 11.1 Å². The Hall–Kier alpha value is -3.72. The maximum absolute atomic E-state index is 12.8. The SMILES string of the molecule is O=C(NCCCN1CCOCC1)c1ccc(N2C(=O)OC(CO)C2c2ccc(-c3ccccc3)cc2)cc1. The number of rotatable bonds is 9. The fraction of sp³-hybridized carbons (Fsp3) is 0.333. The first-order valence-corrected chi connectivity index (χ1v) is 13.1. The molecule has 2 heterocycles. The van der Waals surface area contributed by atoms with Gasteiger partial charge in [-0.1, -0.05) is 54.6 Å². The molecule has 0 saturated carbocycles. The Labute approximate surface area is 222 Å². The van der Waals surface area contributed by atoms with E-state index >= 15 is 0 Å². The first-order chi connectivity index (χ1) is 18.6. The van der Waals surface area contributed by atoms with Crippen molar-refractivity contribution in [3.8, 4) is 11.1 Å². The highest BCUT2D eigenvalue weighted by atomic mass is 16.6. The molecule has 0 spiro atoms. The van der Waals surface area contributed by atoms with Crippen molar-refractivity contribution < 1.29 is 24.2 Å². The first kappa shape index (κ1) is 25.9. The van der Waals surface area contributed by atoms with Crippen LogP contribution >= 0.6 is 0 Å². The summed E-state index contributed by atoms with van der Waals surface area (Å²) in [7, 11) is 0. The van der Waals surface area contributed by atoms with Gasteiger partial charge < -0.3 is 19.9 Å². The third-order valence-corrected chi connectivity index (χ3v) is 7.07. The van der Waals surface area contributed by atoms with Crippen LogP contribution in [0.1, 0.15) is 28.4 Å². The van der Waals surface area contributed by atoms with Crippen LogP contribution in [-0.4, -0.2) is 74.1 Å². The lowest BCUT2D eigenvalue weighted by atomic mass is 9.97. The summed E-state index contributed by atoms with van der Waals surface area (Å²) in [6, 6.07) is 24.4. The van der Waals surface area contributed by atoms with E-state index in [0.717, 1.165) is 56.0 Å². The zero-order valence-corrected chi connectivity index (χ0v) is 21.3. The van der Waals surface area contributed by atoms with Gasteiger partial charge >= 0.3 is 6.09 Å². The van der Waals surface area contributed by atoms with E-state index in [9.17, 15) is 14.7 Å². The maximum atomic E-state index is 12.8. The van der Waals surface area contributed by atoms with Gasteiger partial charge in [-0.05, 0) is 53.9 Å². The molecule has 2 amide bonds. The van der Waals surface area contributed by atoms with E-state index in [1.54, 1.807) is 29.2 Å². The Morgan fingerprint density at radius 3 is 2.29 bits per heavy atom. The molecule has 2 saturated heterocycles. The summed E-state index contributed by atoms with van der Waals surface area (Å²) in [5, 5.41) is 12.9. The molecule has 2 unspecified atom stereocenters. The van der Waals surface area contributed by atoms with Crippen LogP contribution < -0.4 is 10.2 Å². The number of aliphatic hydroxyl groups is 1. The molecule has 2 aliphatic heterocycles. The highest BCUT2D eigenvalue weighted by molar-refractivity contribution is 5.96. The van der Waals surface area contributed by atoms with Crippen LogP contribution in [0.3, 0.4) is 0 Å². The molecule has 0 radical (unpaired) electrons. The molecule has 3 aromatic carbocycles. The van der Waals surface area contributed by atoms with Gasteiger partial charge in [-0.3, -0.25) is 14.6 Å². The van der Waals surface area contributed by atoms with Crippen LogP contribution in [0.15, 0.2) is 78.9 Å². The van der Waals surface area contributed by atoms with Gasteiger partial charge in [-0.25, -0.2) is 4.79 Å². The van der Waals surface area contributed by atoms with Crippen molar-refractivity contribution in [1.82, 2.24) is 10.2 Å². The number of hydrogen-bond donors (Lipinski definition) is 2. The van der Waals surface area contributed by atoms with Crippen molar-refractivity contribution >= 4 is 17.7 Å². The Bertz CT molecular complexity index is 1210. The number of nitrogens with zero attached hydrogens (tertiary/aromatic N) is 2. The second kappa shape index (κ2) is 12.2. The normalized spacial score (nSPS) is 19.8. The van der Waals surface area contributed by atoms with Gasteiger partial charge in [0, 0.05) is 30.9 Å². The number of morpholine rings is 1. The zero-order chi connectivity index (χ0) is 26.3. The molecule has 2 N–H and O–H groups in total. The Morgan fingerprint density at radius 2 is 1.61 bits per heavy atom. The van der Waals surface area contributed by atoms with E-state index in [1.807, 2.05) is 54.6 Å². The van der Waals surface area contributed by atoms with E-state index in [2.05, 4.69) is 10.2 Å². The van der Waals surface area contributed by atoms with E-state index in [-0.39, 0.29) is 12.5 Å². The molecule has 3 aromatic rings. The number of cyclic esters (lactones) is 1. The van der Waals surface area contributed by atoms with Gasteiger partial charge in [0.05, 0.1) is 19.8 Å². The third kappa shape index (κ3) is 5.88. The fourth-order valence-electron chi connectivity index (χ4n) is 5.01. The van der Waals surface area contributed by atoms with Crippen molar-refractivity contribution in [3.05, 3.63) is 90.0 Å². The molecule has 8 heteroatoms. The number of aliphatic hydroxyl groups excluding tert-OH is 1. The van der Waals surface area contributed by atoms with Gasteiger partial charge in [0.1, 0.15) is 6.04 Å². The van der Waals surface area contributed by atoms with Crippen molar-refractivity contribution in [2.75, 3.05) is 50.9 Å². The van der Waals surface area contributed by atoms with Crippen LogP contribution in [0.4, 0.5) is 10.5 Å². The van der Waals surface area contributed by atoms with Crippen molar-refractivity contribution in [3.63, 3.8) is 0 Å². The third-order valence-electron chi connectivity index (χ3n) is 7.07. The molecule has 2 fully saturated rings. The fourth-order valence-corrected chi connectivity index (χ4v) is 5.01. The average Bonchev–Trinajstić information content (AvgIpc) is 3.32. The standard InChI is InChI=1S/C30H33N3O5/c34-21-27-28(24-9-7-23(8-10-24)22-5-2-1-3-6-22)33(30(36)38-27)26-13-11-25(12-14-26)29(35)31-15-4-16-32-17-19-37-20-18-32/h1-3,5-14,27-28,34H,4,15-21H2,(H,31,35). The van der Waals surface area contributed by atoms with Gasteiger partial charge in [-0.2, -0.15) is 0 Å². The Balaban J connectivity index is 1.25. The molecule has 2 atom stereocenters. The Morgan fingerprint density at radius 1 is 0.921 bits per heavy atom. The smallest absolute Gasteiger partial charge is 0.415 e. The summed E-state index contributed by atoms with van der Waals surface area (Å²) in [4.78, 5) is 29.4. The molecule has 5 rings (SSSR count). The summed E-state index contributed by atoms with van der Waals surface area (Å²) in [6.07, 6.45) is -0.350. The lowest BCUT2D eigenvalue weighted by Crippen LogP contribution is -2.38. The maximum Gasteiger partial charge on any atom is 0.415 e. The minimum atomic E-state index is -0.695. The second-order valence-electron chi connectivity index (χ2n) is 9.52. The van der Waals surface area contributed by atoms with E-state index in [4.69, 9.17) is 9.47 Å². The highest BCUT2D eigenvalue weighted by Crippen LogP contribution is 2.38. The summed E-state index contributed by atoms with van der Waals surface area (Å²) in [6.45, 7) is 4.63. The molecule has 0 aliphatic carbocycles. The van der Waals surface area contributed by atoms with Gasteiger partial charge in [-0.15, -0.1) is 0 Å². The van der Waals surface area contributed by atoms with Crippen LogP contribution in [0, 0.1) is 0 Å². The lowest BCUT2D eigenvalue weighted by Gasteiger charge is -2.26. The number of carbonyl (C=O) groups excluding carboxylic acids is 2. The topological polar surface area (TPSA) is 91.3 Å². The molecule has 38 heavy (non-hydrogen) atoms. The summed E-state index contributed by atoms with van der Waals surface area (Å²) in [5.74, 6) is -0.149. The van der Waals surface area contributed by atoms with Crippen LogP contribution in [0.5, 0.6) is 0 Å². The predicted octanol–water partition coefficient (Wildman–Crippen LogP) is 3.86. The summed E-state index contributed by atoms with van der Waals surface area (Å²) in [5.41, 5.74) is 4.15. The number of benzene rings is 3. The van der Waals surface area contributed by atoms with Crippen molar-refractivity contribution in [2.24, 2.45) is 0 Å². The summed E-state index contributed by atoms with van der Waals surface area (Å²) < 4.78 is 10.9. The van der Waals surface area contributed by atoms with Crippen LogP contribution in [-0.2, 0) is 9.47 Å². The van der Waals surface area contributed by atoms with Crippen LogP contribution in [0.2, 0.25) is 0 Å². The molecule has 0 bridgehead atoms. The highest BCUT2D eigenvalue weighted by Gasteiger charge is 2.43. The quantitative estimate of drug-likeness (QED) is 0.421. The minimum Gasteiger partial charge on any atom is -0.441 e. The number of hydrogen-bond acceptors (Lipinski definition) is 6. The van der Waals surface area contributed by atoms with Gasteiger partial charge in [0.15, 0.2) is 6.10 Å². The van der Waals surface area contributed by atoms with Crippen molar-refractivity contribution in [1.29, 1.82) is 0 Å². The zero-order valence-electron chi connectivity index (χ0n) is 21.3. The minimum absolute atomic E-state index is 0.149. The number of amides is 2. The molecular formula is C30H33N3O5. The largest absolute Gasteiger partial charge is 0.441 e. The average molecular weight is 516 g/mol. The molecule has 2 aliphatic rings. The van der Waals surface area contributed by atoms with Gasteiger partial charge in [0.25, 0.3) is 5.91 Å².